The lowest BCUT2D eigenvalue weighted by Gasteiger charge is -2.31. The molecule has 1 aromatic heterocycles. The maximum Gasteiger partial charge on any atom is 0.250 e. The summed E-state index contributed by atoms with van der Waals surface area (Å²) in [5.74, 6) is -1.76. The third-order valence-electron chi connectivity index (χ3n) is 4.19. The van der Waals surface area contributed by atoms with Crippen LogP contribution in [0.5, 0.6) is 0 Å². The normalized spacial score (nSPS) is 23.5. The number of nitrogens with zero attached hydrogens (tertiary/aromatic N) is 2. The number of halogens is 2. The average molecular weight is 266 g/mol. The Bertz CT molecular complexity index is 459. The van der Waals surface area contributed by atoms with Crippen LogP contribution in [-0.4, -0.2) is 28.9 Å². The van der Waals surface area contributed by atoms with E-state index in [9.17, 15) is 8.78 Å². The highest BCUT2D eigenvalue weighted by atomic mass is 19.3. The predicted molar refractivity (Wildman–Crippen MR) is 70.4 cm³/mol. The van der Waals surface area contributed by atoms with Gasteiger partial charge in [-0.3, -0.25) is 9.88 Å². The third-order valence-corrected chi connectivity index (χ3v) is 4.19. The molecule has 0 radical (unpaired) electrons. The average Bonchev–Trinajstić information content (AvgIpc) is 3.18. The molecule has 2 nitrogen and oxygen atoms in total. The Balaban J connectivity index is 1.65. The maximum atomic E-state index is 13.1. The molecule has 1 saturated heterocycles. The number of aryl methyl sites for hydroxylation is 1. The molecule has 0 spiro atoms. The van der Waals surface area contributed by atoms with E-state index in [1.807, 2.05) is 6.20 Å². The van der Waals surface area contributed by atoms with Gasteiger partial charge in [-0.25, -0.2) is 8.78 Å². The van der Waals surface area contributed by atoms with Crippen molar-refractivity contribution in [2.24, 2.45) is 0 Å². The molecule has 1 saturated carbocycles. The number of pyridine rings is 1. The minimum absolute atomic E-state index is 0.0121. The quantitative estimate of drug-likeness (QED) is 0.832. The molecular weight excluding hydrogens is 246 g/mol. The van der Waals surface area contributed by atoms with Crippen LogP contribution in [-0.2, 0) is 6.54 Å². The zero-order valence-electron chi connectivity index (χ0n) is 11.3. The second-order valence-corrected chi connectivity index (χ2v) is 5.92. The summed E-state index contributed by atoms with van der Waals surface area (Å²) in [6.45, 7) is 3.78. The summed E-state index contributed by atoms with van der Waals surface area (Å²) in [4.78, 5) is 6.57. The summed E-state index contributed by atoms with van der Waals surface area (Å²) in [6.07, 6.45) is 4.40. The first-order valence-corrected chi connectivity index (χ1v) is 7.09. The fourth-order valence-electron chi connectivity index (χ4n) is 2.79. The molecule has 0 bridgehead atoms. The molecule has 0 N–H and O–H groups in total. The number of rotatable bonds is 3. The molecule has 1 aliphatic heterocycles. The van der Waals surface area contributed by atoms with Gasteiger partial charge in [0.1, 0.15) is 0 Å². The Morgan fingerprint density at radius 3 is 2.63 bits per heavy atom. The van der Waals surface area contributed by atoms with Crippen molar-refractivity contribution >= 4 is 0 Å². The molecule has 0 amide bonds. The third kappa shape index (κ3) is 3.11. The molecule has 4 heteroatoms. The van der Waals surface area contributed by atoms with Gasteiger partial charge in [0.05, 0.1) is 0 Å². The number of hydrogen-bond acceptors (Lipinski definition) is 2. The van der Waals surface area contributed by atoms with Crippen molar-refractivity contribution < 1.29 is 8.78 Å². The topological polar surface area (TPSA) is 16.1 Å². The van der Waals surface area contributed by atoms with E-state index in [4.69, 9.17) is 0 Å². The second-order valence-electron chi connectivity index (χ2n) is 5.92. The van der Waals surface area contributed by atoms with Crippen LogP contribution < -0.4 is 0 Å². The molecule has 0 unspecified atom stereocenters. The van der Waals surface area contributed by atoms with E-state index >= 15 is 0 Å². The van der Waals surface area contributed by atoms with Gasteiger partial charge in [0.25, 0.3) is 5.92 Å². The minimum Gasteiger partial charge on any atom is -0.299 e. The van der Waals surface area contributed by atoms with E-state index in [0.717, 1.165) is 17.8 Å². The molecule has 2 fully saturated rings. The summed E-state index contributed by atoms with van der Waals surface area (Å²) in [6, 6.07) is 2.23. The lowest BCUT2D eigenvalue weighted by atomic mass is 10.0. The van der Waals surface area contributed by atoms with E-state index in [1.165, 1.54) is 18.4 Å². The van der Waals surface area contributed by atoms with Crippen LogP contribution >= 0.6 is 0 Å². The number of hydrogen-bond donors (Lipinski definition) is 0. The summed E-state index contributed by atoms with van der Waals surface area (Å²) in [5, 5.41) is 0. The van der Waals surface area contributed by atoms with Gasteiger partial charge in [-0.1, -0.05) is 6.07 Å². The lowest BCUT2D eigenvalue weighted by Crippen LogP contribution is -2.38. The Labute approximate surface area is 112 Å². The van der Waals surface area contributed by atoms with Crippen molar-refractivity contribution in [1.82, 2.24) is 9.88 Å². The standard InChI is InChI=1S/C15H20F2N2/c1-11-14(13-2-3-13)8-12(9-18-11)10-19-6-4-15(16,17)5-7-19/h8-9,13H,2-7,10H2,1H3. The fraction of sp³-hybridized carbons (Fsp3) is 0.667. The molecule has 0 aromatic carbocycles. The summed E-state index contributed by atoms with van der Waals surface area (Å²) >= 11 is 0. The molecule has 2 aliphatic rings. The first kappa shape index (κ1) is 13.0. The molecule has 2 heterocycles. The number of alkyl halides is 2. The zero-order valence-corrected chi connectivity index (χ0v) is 11.3. The van der Waals surface area contributed by atoms with Crippen LogP contribution in [0.25, 0.3) is 0 Å². The van der Waals surface area contributed by atoms with Crippen LogP contribution in [0.4, 0.5) is 8.78 Å². The summed E-state index contributed by atoms with van der Waals surface area (Å²) in [7, 11) is 0. The van der Waals surface area contributed by atoms with Crippen molar-refractivity contribution in [2.45, 2.75) is 51.0 Å². The van der Waals surface area contributed by atoms with Crippen LogP contribution in [0.2, 0.25) is 0 Å². The van der Waals surface area contributed by atoms with E-state index in [1.54, 1.807) is 0 Å². The lowest BCUT2D eigenvalue weighted by molar-refractivity contribution is -0.0566. The maximum absolute atomic E-state index is 13.1. The van der Waals surface area contributed by atoms with Crippen LogP contribution in [0.3, 0.4) is 0 Å². The van der Waals surface area contributed by atoms with Crippen LogP contribution in [0.15, 0.2) is 12.3 Å². The highest BCUT2D eigenvalue weighted by Crippen LogP contribution is 2.41. The summed E-state index contributed by atoms with van der Waals surface area (Å²) < 4.78 is 26.2. The van der Waals surface area contributed by atoms with Crippen molar-refractivity contribution in [2.75, 3.05) is 13.1 Å². The van der Waals surface area contributed by atoms with E-state index < -0.39 is 5.92 Å². The van der Waals surface area contributed by atoms with Crippen LogP contribution in [0.1, 0.15) is 48.4 Å². The van der Waals surface area contributed by atoms with E-state index in [0.29, 0.717) is 19.0 Å². The zero-order chi connectivity index (χ0) is 13.5. The number of aromatic nitrogens is 1. The molecule has 3 rings (SSSR count). The van der Waals surface area contributed by atoms with Crippen molar-refractivity contribution in [3.8, 4) is 0 Å². The van der Waals surface area contributed by atoms with Gasteiger partial charge in [-0.2, -0.15) is 0 Å². The van der Waals surface area contributed by atoms with E-state index in [-0.39, 0.29) is 12.8 Å². The number of likely N-dealkylation sites (tertiary alicyclic amines) is 1. The molecule has 104 valence electrons. The first-order valence-electron chi connectivity index (χ1n) is 7.09. The number of piperidine rings is 1. The van der Waals surface area contributed by atoms with Gasteiger partial charge >= 0.3 is 0 Å². The Hall–Kier alpha value is -1.03. The van der Waals surface area contributed by atoms with Crippen LogP contribution in [0, 0.1) is 6.92 Å². The highest BCUT2D eigenvalue weighted by Gasteiger charge is 2.34. The van der Waals surface area contributed by atoms with E-state index in [2.05, 4.69) is 22.9 Å². The molecule has 19 heavy (non-hydrogen) atoms. The van der Waals surface area contributed by atoms with Crippen molar-refractivity contribution in [1.29, 1.82) is 0 Å². The monoisotopic (exact) mass is 266 g/mol. The highest BCUT2D eigenvalue weighted by molar-refractivity contribution is 5.31. The Morgan fingerprint density at radius 2 is 2.00 bits per heavy atom. The summed E-state index contributed by atoms with van der Waals surface area (Å²) in [5.41, 5.74) is 3.65. The molecular formula is C15H20F2N2. The van der Waals surface area contributed by atoms with Gasteiger partial charge in [0, 0.05) is 44.4 Å². The first-order chi connectivity index (χ1) is 9.03. The van der Waals surface area contributed by atoms with Gasteiger partial charge in [-0.05, 0) is 36.8 Å². The van der Waals surface area contributed by atoms with Crippen molar-refractivity contribution in [3.05, 3.63) is 29.1 Å². The Kier molecular flexibility index (Phi) is 3.29. The van der Waals surface area contributed by atoms with Gasteiger partial charge in [-0.15, -0.1) is 0 Å². The molecule has 0 atom stereocenters. The second kappa shape index (κ2) is 4.82. The SMILES string of the molecule is Cc1ncc(CN2CCC(F)(F)CC2)cc1C1CC1. The minimum atomic E-state index is -2.46. The fourth-order valence-corrected chi connectivity index (χ4v) is 2.79. The predicted octanol–water partition coefficient (Wildman–Crippen LogP) is 3.50. The molecule has 1 aromatic rings. The largest absolute Gasteiger partial charge is 0.299 e. The smallest absolute Gasteiger partial charge is 0.250 e. The Morgan fingerprint density at radius 1 is 1.32 bits per heavy atom. The molecule has 1 aliphatic carbocycles. The van der Waals surface area contributed by atoms with Crippen molar-refractivity contribution in [3.63, 3.8) is 0 Å². The van der Waals surface area contributed by atoms with Gasteiger partial charge < -0.3 is 0 Å². The van der Waals surface area contributed by atoms with Gasteiger partial charge in [0.2, 0.25) is 0 Å². The van der Waals surface area contributed by atoms with Gasteiger partial charge in [0.15, 0.2) is 0 Å².